The van der Waals surface area contributed by atoms with Crippen LogP contribution in [0.25, 0.3) is 0 Å². The maximum Gasteiger partial charge on any atom is 0.264 e. The molecular formula is C8H14N2O. The number of aromatic amines is 2. The SMILES string of the molecule is CCCCCc1cc(=O)[nH][nH]1. The zero-order valence-corrected chi connectivity index (χ0v) is 6.81. The Morgan fingerprint density at radius 3 is 2.73 bits per heavy atom. The van der Waals surface area contributed by atoms with Gasteiger partial charge in [0.05, 0.1) is 0 Å². The van der Waals surface area contributed by atoms with Gasteiger partial charge in [-0.15, -0.1) is 0 Å². The zero-order valence-electron chi connectivity index (χ0n) is 6.81. The highest BCUT2D eigenvalue weighted by atomic mass is 16.1. The molecule has 2 N–H and O–H groups in total. The van der Waals surface area contributed by atoms with Crippen molar-refractivity contribution in [1.29, 1.82) is 0 Å². The van der Waals surface area contributed by atoms with Crippen LogP contribution in [0, 0.1) is 0 Å². The molecule has 0 amide bonds. The Bertz CT molecular complexity index is 249. The van der Waals surface area contributed by atoms with Gasteiger partial charge in [0, 0.05) is 11.8 Å². The van der Waals surface area contributed by atoms with Gasteiger partial charge in [0.2, 0.25) is 0 Å². The van der Waals surface area contributed by atoms with Crippen LogP contribution in [0.3, 0.4) is 0 Å². The minimum Gasteiger partial charge on any atom is -0.302 e. The Hall–Kier alpha value is -0.990. The molecule has 0 radical (unpaired) electrons. The Balaban J connectivity index is 2.33. The molecule has 0 aliphatic carbocycles. The third-order valence-corrected chi connectivity index (χ3v) is 1.70. The van der Waals surface area contributed by atoms with Crippen LogP contribution in [0.2, 0.25) is 0 Å². The summed E-state index contributed by atoms with van der Waals surface area (Å²) in [7, 11) is 0. The summed E-state index contributed by atoms with van der Waals surface area (Å²) in [6.45, 7) is 2.17. The molecule has 0 aliphatic heterocycles. The van der Waals surface area contributed by atoms with Gasteiger partial charge in [-0.3, -0.25) is 9.89 Å². The van der Waals surface area contributed by atoms with Gasteiger partial charge in [-0.05, 0) is 12.8 Å². The van der Waals surface area contributed by atoms with Crippen molar-refractivity contribution in [3.63, 3.8) is 0 Å². The average molecular weight is 154 g/mol. The third kappa shape index (κ3) is 2.62. The van der Waals surface area contributed by atoms with Crippen molar-refractivity contribution in [2.75, 3.05) is 0 Å². The summed E-state index contributed by atoms with van der Waals surface area (Å²) in [6.07, 6.45) is 4.58. The molecule has 0 saturated carbocycles. The van der Waals surface area contributed by atoms with Gasteiger partial charge < -0.3 is 5.10 Å². The number of H-pyrrole nitrogens is 2. The maximum atomic E-state index is 10.6. The highest BCUT2D eigenvalue weighted by molar-refractivity contribution is 4.97. The first-order valence-electron chi connectivity index (χ1n) is 4.09. The molecule has 0 saturated heterocycles. The monoisotopic (exact) mass is 154 g/mol. The Morgan fingerprint density at radius 1 is 1.36 bits per heavy atom. The molecule has 11 heavy (non-hydrogen) atoms. The number of aryl methyl sites for hydroxylation is 1. The van der Waals surface area contributed by atoms with Crippen molar-refractivity contribution < 1.29 is 0 Å². The minimum absolute atomic E-state index is 0.0310. The first kappa shape index (κ1) is 8.11. The smallest absolute Gasteiger partial charge is 0.264 e. The standard InChI is InChI=1S/C8H14N2O/c1-2-3-4-5-7-6-8(11)10-9-7/h6H,2-5H2,1H3,(H2,9,10,11). The van der Waals surface area contributed by atoms with Gasteiger partial charge in [0.1, 0.15) is 0 Å². The molecule has 0 spiro atoms. The summed E-state index contributed by atoms with van der Waals surface area (Å²) in [6, 6.07) is 1.62. The zero-order chi connectivity index (χ0) is 8.10. The van der Waals surface area contributed by atoms with E-state index in [1.54, 1.807) is 6.07 Å². The fraction of sp³-hybridized carbons (Fsp3) is 0.625. The summed E-state index contributed by atoms with van der Waals surface area (Å²) in [5, 5.41) is 5.34. The topological polar surface area (TPSA) is 48.6 Å². The molecule has 1 heterocycles. The van der Waals surface area contributed by atoms with Crippen molar-refractivity contribution >= 4 is 0 Å². The second kappa shape index (κ2) is 4.01. The van der Waals surface area contributed by atoms with Crippen LogP contribution in [-0.4, -0.2) is 10.2 Å². The molecule has 1 aromatic heterocycles. The lowest BCUT2D eigenvalue weighted by atomic mass is 10.2. The van der Waals surface area contributed by atoms with E-state index in [0.717, 1.165) is 18.5 Å². The van der Waals surface area contributed by atoms with E-state index >= 15 is 0 Å². The number of nitrogens with one attached hydrogen (secondary N) is 2. The Labute approximate surface area is 65.8 Å². The molecule has 0 unspecified atom stereocenters. The van der Waals surface area contributed by atoms with E-state index in [1.165, 1.54) is 12.8 Å². The molecule has 3 nitrogen and oxygen atoms in total. The van der Waals surface area contributed by atoms with Crippen molar-refractivity contribution in [3.8, 4) is 0 Å². The molecule has 0 bridgehead atoms. The Kier molecular flexibility index (Phi) is 2.95. The molecular weight excluding hydrogens is 140 g/mol. The first-order valence-corrected chi connectivity index (χ1v) is 4.09. The number of aromatic nitrogens is 2. The molecule has 0 aliphatic rings. The Morgan fingerprint density at radius 2 is 2.18 bits per heavy atom. The van der Waals surface area contributed by atoms with E-state index in [9.17, 15) is 4.79 Å². The molecule has 62 valence electrons. The average Bonchev–Trinajstić information content (AvgIpc) is 2.37. The lowest BCUT2D eigenvalue weighted by Gasteiger charge is -1.93. The predicted octanol–water partition coefficient (Wildman–Crippen LogP) is 1.44. The predicted molar refractivity (Wildman–Crippen MR) is 44.6 cm³/mol. The second-order valence-corrected chi connectivity index (χ2v) is 2.74. The van der Waals surface area contributed by atoms with Crippen molar-refractivity contribution in [1.82, 2.24) is 10.2 Å². The van der Waals surface area contributed by atoms with Crippen LogP contribution in [0.5, 0.6) is 0 Å². The van der Waals surface area contributed by atoms with Crippen LogP contribution < -0.4 is 5.56 Å². The third-order valence-electron chi connectivity index (χ3n) is 1.70. The fourth-order valence-electron chi connectivity index (χ4n) is 1.07. The van der Waals surface area contributed by atoms with Gasteiger partial charge in [-0.2, -0.15) is 0 Å². The van der Waals surface area contributed by atoms with Crippen molar-refractivity contribution in [2.24, 2.45) is 0 Å². The van der Waals surface area contributed by atoms with Gasteiger partial charge in [-0.25, -0.2) is 0 Å². The molecule has 0 aromatic carbocycles. The van der Waals surface area contributed by atoms with Gasteiger partial charge in [0.25, 0.3) is 5.56 Å². The van der Waals surface area contributed by atoms with E-state index < -0.39 is 0 Å². The van der Waals surface area contributed by atoms with E-state index in [2.05, 4.69) is 17.1 Å². The summed E-state index contributed by atoms with van der Waals surface area (Å²) < 4.78 is 0. The van der Waals surface area contributed by atoms with Crippen molar-refractivity contribution in [3.05, 3.63) is 22.1 Å². The van der Waals surface area contributed by atoms with E-state index in [0.29, 0.717) is 0 Å². The van der Waals surface area contributed by atoms with E-state index in [1.807, 2.05) is 0 Å². The lowest BCUT2D eigenvalue weighted by molar-refractivity contribution is 0.705. The summed E-state index contributed by atoms with van der Waals surface area (Å²) in [5.74, 6) is 0. The fourth-order valence-corrected chi connectivity index (χ4v) is 1.07. The van der Waals surface area contributed by atoms with E-state index in [-0.39, 0.29) is 5.56 Å². The quantitative estimate of drug-likeness (QED) is 0.633. The highest BCUT2D eigenvalue weighted by Gasteiger charge is 1.94. The summed E-state index contributed by atoms with van der Waals surface area (Å²) >= 11 is 0. The number of hydrogen-bond acceptors (Lipinski definition) is 1. The summed E-state index contributed by atoms with van der Waals surface area (Å²) in [5.41, 5.74) is 0.986. The van der Waals surface area contributed by atoms with Crippen LogP contribution >= 0.6 is 0 Å². The molecule has 3 heteroatoms. The number of unbranched alkanes of at least 4 members (excludes halogenated alkanes) is 2. The lowest BCUT2D eigenvalue weighted by Crippen LogP contribution is -1.93. The molecule has 0 atom stereocenters. The van der Waals surface area contributed by atoms with Crippen LogP contribution in [0.1, 0.15) is 31.9 Å². The van der Waals surface area contributed by atoms with Gasteiger partial charge >= 0.3 is 0 Å². The normalized spacial score (nSPS) is 10.3. The molecule has 1 aromatic rings. The van der Waals surface area contributed by atoms with Gasteiger partial charge in [0.15, 0.2) is 0 Å². The number of rotatable bonds is 4. The van der Waals surface area contributed by atoms with Crippen molar-refractivity contribution in [2.45, 2.75) is 32.6 Å². The van der Waals surface area contributed by atoms with Crippen LogP contribution in [0.4, 0.5) is 0 Å². The molecule has 0 fully saturated rings. The summed E-state index contributed by atoms with van der Waals surface area (Å²) in [4.78, 5) is 10.6. The largest absolute Gasteiger partial charge is 0.302 e. The minimum atomic E-state index is -0.0310. The van der Waals surface area contributed by atoms with Crippen LogP contribution in [0.15, 0.2) is 10.9 Å². The second-order valence-electron chi connectivity index (χ2n) is 2.74. The number of hydrogen-bond donors (Lipinski definition) is 2. The maximum absolute atomic E-state index is 10.6. The van der Waals surface area contributed by atoms with E-state index in [4.69, 9.17) is 0 Å². The van der Waals surface area contributed by atoms with Gasteiger partial charge in [-0.1, -0.05) is 19.8 Å². The molecule has 1 rings (SSSR count). The highest BCUT2D eigenvalue weighted by Crippen LogP contribution is 2.00. The van der Waals surface area contributed by atoms with Crippen LogP contribution in [-0.2, 0) is 6.42 Å². The first-order chi connectivity index (χ1) is 5.33.